The van der Waals surface area contributed by atoms with Crippen molar-refractivity contribution in [3.8, 4) is 5.75 Å². The lowest BCUT2D eigenvalue weighted by Crippen LogP contribution is -2.49. The number of hydrogen-bond donors (Lipinski definition) is 0. The van der Waals surface area contributed by atoms with Crippen molar-refractivity contribution in [2.45, 2.75) is 46.1 Å². The van der Waals surface area contributed by atoms with E-state index in [9.17, 15) is 19.2 Å². The van der Waals surface area contributed by atoms with Crippen molar-refractivity contribution in [2.24, 2.45) is 0 Å². The zero-order valence-electron chi connectivity index (χ0n) is 16.4. The summed E-state index contributed by atoms with van der Waals surface area (Å²) in [5.41, 5.74) is 0.670. The molecule has 8 nitrogen and oxygen atoms in total. The second-order valence-corrected chi connectivity index (χ2v) is 6.14. The van der Waals surface area contributed by atoms with E-state index in [4.69, 9.17) is 14.2 Å². The summed E-state index contributed by atoms with van der Waals surface area (Å²) in [5.74, 6) is -1.20. The Balaban J connectivity index is 2.28. The number of anilines is 1. The second kappa shape index (κ2) is 9.87. The zero-order valence-corrected chi connectivity index (χ0v) is 16.4. The van der Waals surface area contributed by atoms with E-state index in [0.29, 0.717) is 23.4 Å². The van der Waals surface area contributed by atoms with Crippen molar-refractivity contribution >= 4 is 29.3 Å². The molecule has 1 aromatic rings. The van der Waals surface area contributed by atoms with Gasteiger partial charge < -0.3 is 14.2 Å². The highest BCUT2D eigenvalue weighted by Gasteiger charge is 2.36. The fraction of sp³-hybridized carbons (Fsp3) is 0.500. The largest absolute Gasteiger partial charge is 0.482 e. The Kier molecular flexibility index (Phi) is 7.54. The van der Waals surface area contributed by atoms with Gasteiger partial charge in [0.15, 0.2) is 12.4 Å². The standard InChI is InChI=1S/C20H25NO7/c1-4-14(20(25)27-6-3)21-15-11-13(7-9-17(15)28-12-18(21)23)16(22)8-10-19(24)26-5-2/h7,9,11,14H,4-6,8,10,12H2,1-3H3. The van der Waals surface area contributed by atoms with Gasteiger partial charge in [0, 0.05) is 12.0 Å². The third kappa shape index (κ3) is 4.88. The fourth-order valence-corrected chi connectivity index (χ4v) is 2.97. The average molecular weight is 391 g/mol. The van der Waals surface area contributed by atoms with Crippen LogP contribution in [0.4, 0.5) is 5.69 Å². The Hall–Kier alpha value is -2.90. The molecule has 0 fully saturated rings. The first-order valence-corrected chi connectivity index (χ1v) is 9.37. The number of hydrogen-bond acceptors (Lipinski definition) is 7. The van der Waals surface area contributed by atoms with Gasteiger partial charge >= 0.3 is 11.9 Å². The van der Waals surface area contributed by atoms with Crippen LogP contribution < -0.4 is 9.64 Å². The van der Waals surface area contributed by atoms with Crippen LogP contribution in [0.2, 0.25) is 0 Å². The number of ketones is 1. The summed E-state index contributed by atoms with van der Waals surface area (Å²) in [6.45, 7) is 5.43. The number of Topliss-reactive ketones (excluding diaryl/α,β-unsaturated/α-hetero) is 1. The number of ether oxygens (including phenoxy) is 3. The Bertz CT molecular complexity index is 759. The first kappa shape index (κ1) is 21.4. The summed E-state index contributed by atoms with van der Waals surface area (Å²) in [4.78, 5) is 50.1. The van der Waals surface area contributed by atoms with Crippen LogP contribution in [0, 0.1) is 0 Å². The van der Waals surface area contributed by atoms with Crippen LogP contribution in [0.1, 0.15) is 50.4 Å². The van der Waals surface area contributed by atoms with Crippen molar-refractivity contribution in [2.75, 3.05) is 24.7 Å². The minimum atomic E-state index is -0.806. The molecular formula is C20H25NO7. The minimum absolute atomic E-state index is 0.0124. The molecule has 0 bridgehead atoms. The molecule has 2 rings (SSSR count). The number of benzene rings is 1. The highest BCUT2D eigenvalue weighted by atomic mass is 16.5. The van der Waals surface area contributed by atoms with E-state index < -0.39 is 18.0 Å². The predicted molar refractivity (Wildman–Crippen MR) is 100 cm³/mol. The summed E-state index contributed by atoms with van der Waals surface area (Å²) in [7, 11) is 0. The highest BCUT2D eigenvalue weighted by Crippen LogP contribution is 2.35. The maximum absolute atomic E-state index is 12.5. The molecule has 0 radical (unpaired) electrons. The van der Waals surface area contributed by atoms with Gasteiger partial charge in [-0.25, -0.2) is 4.79 Å². The number of nitrogens with zero attached hydrogens (tertiary/aromatic N) is 1. The monoisotopic (exact) mass is 391 g/mol. The van der Waals surface area contributed by atoms with Gasteiger partial charge in [-0.2, -0.15) is 0 Å². The highest BCUT2D eigenvalue weighted by molar-refractivity contribution is 6.05. The number of esters is 2. The third-order valence-electron chi connectivity index (χ3n) is 4.28. The van der Waals surface area contributed by atoms with Crippen LogP contribution >= 0.6 is 0 Å². The van der Waals surface area contributed by atoms with Crippen molar-refractivity contribution in [1.29, 1.82) is 0 Å². The SMILES string of the molecule is CCOC(=O)CCC(=O)c1ccc2c(c1)N(C(CC)C(=O)OCC)C(=O)CO2. The molecule has 0 saturated carbocycles. The van der Waals surface area contributed by atoms with Crippen LogP contribution in [0.5, 0.6) is 5.75 Å². The van der Waals surface area contributed by atoms with Gasteiger partial charge in [-0.05, 0) is 38.5 Å². The number of carbonyl (C=O) groups is 4. The summed E-state index contributed by atoms with van der Waals surface area (Å²) >= 11 is 0. The maximum atomic E-state index is 12.5. The molecule has 152 valence electrons. The van der Waals surface area contributed by atoms with Crippen molar-refractivity contribution in [3.63, 3.8) is 0 Å². The molecule has 1 heterocycles. The normalized spacial score (nSPS) is 14.0. The molecule has 0 spiro atoms. The molecule has 0 N–H and O–H groups in total. The summed E-state index contributed by atoms with van der Waals surface area (Å²) in [6.07, 6.45) is 0.315. The summed E-state index contributed by atoms with van der Waals surface area (Å²) in [5, 5.41) is 0. The molecule has 1 aromatic carbocycles. The van der Waals surface area contributed by atoms with Gasteiger partial charge in [0.2, 0.25) is 0 Å². The Morgan fingerprint density at radius 2 is 1.82 bits per heavy atom. The summed E-state index contributed by atoms with van der Waals surface area (Å²) < 4.78 is 15.4. The number of rotatable bonds is 9. The Morgan fingerprint density at radius 1 is 1.11 bits per heavy atom. The van der Waals surface area contributed by atoms with E-state index in [0.717, 1.165) is 0 Å². The van der Waals surface area contributed by atoms with Crippen LogP contribution in [0.25, 0.3) is 0 Å². The third-order valence-corrected chi connectivity index (χ3v) is 4.28. The maximum Gasteiger partial charge on any atom is 0.329 e. The lowest BCUT2D eigenvalue weighted by molar-refractivity contribution is -0.146. The van der Waals surface area contributed by atoms with Crippen LogP contribution in [-0.4, -0.2) is 49.5 Å². The fourth-order valence-electron chi connectivity index (χ4n) is 2.97. The van der Waals surface area contributed by atoms with E-state index >= 15 is 0 Å². The van der Waals surface area contributed by atoms with Gasteiger partial charge in [-0.15, -0.1) is 0 Å². The molecule has 1 aliphatic heterocycles. The molecule has 0 aliphatic carbocycles. The molecule has 1 unspecified atom stereocenters. The lowest BCUT2D eigenvalue weighted by Gasteiger charge is -2.34. The molecule has 0 saturated heterocycles. The van der Waals surface area contributed by atoms with Gasteiger partial charge in [-0.3, -0.25) is 19.3 Å². The van der Waals surface area contributed by atoms with E-state index in [1.54, 1.807) is 32.9 Å². The van der Waals surface area contributed by atoms with Gasteiger partial charge in [-0.1, -0.05) is 6.92 Å². The van der Waals surface area contributed by atoms with Crippen LogP contribution in [-0.2, 0) is 23.9 Å². The van der Waals surface area contributed by atoms with Crippen molar-refractivity contribution < 1.29 is 33.4 Å². The molecule has 1 atom stereocenters. The summed E-state index contributed by atoms with van der Waals surface area (Å²) in [6, 6.07) is 3.87. The Labute approximate surface area is 163 Å². The molecule has 0 aromatic heterocycles. The van der Waals surface area contributed by atoms with E-state index in [2.05, 4.69) is 0 Å². The first-order chi connectivity index (χ1) is 13.4. The van der Waals surface area contributed by atoms with Crippen molar-refractivity contribution in [3.05, 3.63) is 23.8 Å². The van der Waals surface area contributed by atoms with Gasteiger partial charge in [0.1, 0.15) is 11.8 Å². The number of fused-ring (bicyclic) bond motifs is 1. The van der Waals surface area contributed by atoms with E-state index in [1.165, 1.54) is 11.0 Å². The number of amides is 1. The van der Waals surface area contributed by atoms with Crippen molar-refractivity contribution in [1.82, 2.24) is 0 Å². The van der Waals surface area contributed by atoms with E-state index in [1.807, 2.05) is 0 Å². The quantitative estimate of drug-likeness (QED) is 0.470. The molecule has 1 amide bonds. The molecule has 1 aliphatic rings. The lowest BCUT2D eigenvalue weighted by atomic mass is 10.0. The molecular weight excluding hydrogens is 366 g/mol. The molecule has 28 heavy (non-hydrogen) atoms. The first-order valence-electron chi connectivity index (χ1n) is 9.37. The van der Waals surface area contributed by atoms with Gasteiger partial charge in [0.25, 0.3) is 5.91 Å². The van der Waals surface area contributed by atoms with Crippen LogP contribution in [0.15, 0.2) is 18.2 Å². The van der Waals surface area contributed by atoms with Crippen LogP contribution in [0.3, 0.4) is 0 Å². The molecule has 8 heteroatoms. The smallest absolute Gasteiger partial charge is 0.329 e. The predicted octanol–water partition coefficient (Wildman–Crippen LogP) is 2.28. The topological polar surface area (TPSA) is 99.2 Å². The average Bonchev–Trinajstić information content (AvgIpc) is 2.68. The minimum Gasteiger partial charge on any atom is -0.482 e. The zero-order chi connectivity index (χ0) is 20.7. The number of carbonyl (C=O) groups excluding carboxylic acids is 4. The second-order valence-electron chi connectivity index (χ2n) is 6.14. The Morgan fingerprint density at radius 3 is 2.46 bits per heavy atom. The van der Waals surface area contributed by atoms with Gasteiger partial charge in [0.05, 0.1) is 25.3 Å². The van der Waals surface area contributed by atoms with E-state index in [-0.39, 0.29) is 44.4 Å².